The highest BCUT2D eigenvalue weighted by atomic mass is 32.2. The molecule has 0 radical (unpaired) electrons. The van der Waals surface area contributed by atoms with Crippen molar-refractivity contribution < 1.29 is 22.4 Å². The van der Waals surface area contributed by atoms with Crippen LogP contribution in [0.15, 0.2) is 41.6 Å². The number of likely N-dealkylation sites (tertiary alicyclic amines) is 1. The Bertz CT molecular complexity index is 1110. The second kappa shape index (κ2) is 10.5. The molecule has 3 aliphatic rings. The molecule has 36 heavy (non-hydrogen) atoms. The first-order chi connectivity index (χ1) is 17.0. The van der Waals surface area contributed by atoms with E-state index in [9.17, 15) is 22.4 Å². The van der Waals surface area contributed by atoms with Crippen LogP contribution in [0, 0.1) is 12.3 Å². The fraction of sp³-hybridized carbons (Fsp3) is 0.615. The van der Waals surface area contributed by atoms with Gasteiger partial charge in [0.2, 0.25) is 11.8 Å². The Labute approximate surface area is 213 Å². The van der Waals surface area contributed by atoms with Crippen molar-refractivity contribution in [2.45, 2.75) is 88.5 Å². The molecule has 2 amide bonds. The lowest BCUT2D eigenvalue weighted by Gasteiger charge is -2.47. The maximum atomic E-state index is 13.9. The average Bonchev–Trinajstić information content (AvgIpc) is 2.81. The quantitative estimate of drug-likeness (QED) is 0.601. The van der Waals surface area contributed by atoms with Gasteiger partial charge in [-0.3, -0.25) is 18.8 Å². The number of piperidine rings is 1. The zero-order valence-corrected chi connectivity index (χ0v) is 22.1. The number of hydrogen-bond donors (Lipinski definition) is 2. The van der Waals surface area contributed by atoms with Crippen molar-refractivity contribution in [1.29, 1.82) is 0 Å². The van der Waals surface area contributed by atoms with E-state index < -0.39 is 28.1 Å². The van der Waals surface area contributed by atoms with Gasteiger partial charge < -0.3 is 10.6 Å². The smallest absolute Gasteiger partial charge is 0.264 e. The van der Waals surface area contributed by atoms with Gasteiger partial charge in [-0.25, -0.2) is 12.8 Å². The Balaban J connectivity index is 1.42. The molecular weight excluding hydrogens is 483 g/mol. The van der Waals surface area contributed by atoms with E-state index in [4.69, 9.17) is 0 Å². The Kier molecular flexibility index (Phi) is 7.75. The number of carbonyl (C=O) groups is 2. The van der Waals surface area contributed by atoms with Crippen LogP contribution in [0.1, 0.15) is 57.9 Å². The van der Waals surface area contributed by atoms with E-state index in [0.717, 1.165) is 42.1 Å². The molecule has 1 saturated carbocycles. The summed E-state index contributed by atoms with van der Waals surface area (Å²) < 4.78 is 41.5. The van der Waals surface area contributed by atoms with E-state index >= 15 is 0 Å². The van der Waals surface area contributed by atoms with Crippen LogP contribution in [0.2, 0.25) is 0 Å². The van der Waals surface area contributed by atoms with Crippen molar-refractivity contribution in [3.63, 3.8) is 0 Å². The van der Waals surface area contributed by atoms with Crippen LogP contribution in [0.5, 0.6) is 0 Å². The summed E-state index contributed by atoms with van der Waals surface area (Å²) in [6, 6.07) is 5.37. The summed E-state index contributed by atoms with van der Waals surface area (Å²) in [5.41, 5.74) is 0.698. The molecule has 4 atom stereocenters. The zero-order chi connectivity index (χ0) is 26.1. The number of hydrogen-bond acceptors (Lipinski definition) is 5. The summed E-state index contributed by atoms with van der Waals surface area (Å²) >= 11 is 0. The van der Waals surface area contributed by atoms with Crippen LogP contribution >= 0.6 is 0 Å². The fourth-order valence-corrected chi connectivity index (χ4v) is 7.11. The molecule has 3 unspecified atom stereocenters. The van der Waals surface area contributed by atoms with Gasteiger partial charge in [0, 0.05) is 31.0 Å². The van der Waals surface area contributed by atoms with Crippen LogP contribution in [0.25, 0.3) is 0 Å². The maximum absolute atomic E-state index is 13.9. The summed E-state index contributed by atoms with van der Waals surface area (Å²) in [6.07, 6.45) is 5.47. The van der Waals surface area contributed by atoms with E-state index in [-0.39, 0.29) is 34.7 Å². The van der Waals surface area contributed by atoms with Crippen LogP contribution in [0.3, 0.4) is 0 Å². The molecule has 8 nitrogen and oxygen atoms in total. The molecule has 198 valence electrons. The number of alkyl halides is 1. The van der Waals surface area contributed by atoms with Gasteiger partial charge in [0.25, 0.3) is 10.0 Å². The van der Waals surface area contributed by atoms with Gasteiger partial charge in [-0.15, -0.1) is 0 Å². The summed E-state index contributed by atoms with van der Waals surface area (Å²) in [6.45, 7) is 7.45. The molecule has 2 N–H and O–H groups in total. The molecule has 0 spiro atoms. The summed E-state index contributed by atoms with van der Waals surface area (Å²) in [5.74, 6) is -0.912. The van der Waals surface area contributed by atoms with E-state index in [1.54, 1.807) is 12.1 Å². The third-order valence-electron chi connectivity index (χ3n) is 7.77. The molecule has 10 heteroatoms. The standard InChI is InChI=1S/C26H37FN4O4S/c1-18-6-9-21(10-7-18)36(34,35)31-14-12-28-25(33)22(31)15-24(32)29-23-11-8-20(16-26(23,2)3)30-13-4-5-19(27)17-30/h6-7,9-10,12,14,19-20,22-23H,4-5,8,11,13,15-17H2,1-3H3,(H,28,33)(H,29,32)/t19?,20?,22-,23?/m1/s1. The Hall–Kier alpha value is -2.46. The van der Waals surface area contributed by atoms with E-state index in [1.165, 1.54) is 24.5 Å². The zero-order valence-electron chi connectivity index (χ0n) is 21.2. The Morgan fingerprint density at radius 3 is 2.58 bits per heavy atom. The molecular formula is C26H37FN4O4S. The predicted octanol–water partition coefficient (Wildman–Crippen LogP) is 2.84. The number of sulfonamides is 1. The summed E-state index contributed by atoms with van der Waals surface area (Å²) in [5, 5.41) is 5.60. The number of nitrogens with one attached hydrogen (secondary N) is 2. The minimum atomic E-state index is -4.02. The first-order valence-corrected chi connectivity index (χ1v) is 14.2. The van der Waals surface area contributed by atoms with Crippen molar-refractivity contribution in [2.24, 2.45) is 5.41 Å². The number of halogens is 1. The van der Waals surface area contributed by atoms with Crippen LogP contribution < -0.4 is 10.6 Å². The van der Waals surface area contributed by atoms with Gasteiger partial charge in [-0.2, -0.15) is 0 Å². The molecule has 1 aromatic carbocycles. The molecule has 2 aliphatic heterocycles. The summed E-state index contributed by atoms with van der Waals surface area (Å²) in [4.78, 5) is 28.1. The van der Waals surface area contributed by atoms with E-state index in [0.29, 0.717) is 13.0 Å². The number of carbonyl (C=O) groups excluding carboxylic acids is 2. The molecule has 0 aromatic heterocycles. The highest BCUT2D eigenvalue weighted by Gasteiger charge is 2.42. The predicted molar refractivity (Wildman–Crippen MR) is 135 cm³/mol. The maximum Gasteiger partial charge on any atom is 0.264 e. The van der Waals surface area contributed by atoms with Gasteiger partial charge in [0.1, 0.15) is 12.2 Å². The second-order valence-corrected chi connectivity index (χ2v) is 12.8. The van der Waals surface area contributed by atoms with Crippen molar-refractivity contribution >= 4 is 21.8 Å². The van der Waals surface area contributed by atoms with Crippen LogP contribution in [-0.2, 0) is 19.6 Å². The number of aryl methyl sites for hydroxylation is 1. The lowest BCUT2D eigenvalue weighted by atomic mass is 9.70. The number of rotatable bonds is 6. The van der Waals surface area contributed by atoms with Gasteiger partial charge >= 0.3 is 0 Å². The van der Waals surface area contributed by atoms with Crippen molar-refractivity contribution in [2.75, 3.05) is 13.1 Å². The SMILES string of the molecule is Cc1ccc(S(=O)(=O)N2C=CNC(=O)[C@H]2CC(=O)NC2CCC(N3CCCC(F)C3)CC2(C)C)cc1. The third-order valence-corrected chi connectivity index (χ3v) is 9.57. The van der Waals surface area contributed by atoms with Crippen LogP contribution in [0.4, 0.5) is 4.39 Å². The van der Waals surface area contributed by atoms with E-state index in [1.807, 2.05) is 6.92 Å². The summed E-state index contributed by atoms with van der Waals surface area (Å²) in [7, 11) is -4.02. The molecule has 2 heterocycles. The van der Waals surface area contributed by atoms with Gasteiger partial charge in [-0.05, 0) is 63.1 Å². The van der Waals surface area contributed by atoms with Gasteiger partial charge in [-0.1, -0.05) is 31.5 Å². The van der Waals surface area contributed by atoms with Gasteiger partial charge in [0.15, 0.2) is 0 Å². The highest BCUT2D eigenvalue weighted by Crippen LogP contribution is 2.39. The first kappa shape index (κ1) is 26.6. The number of nitrogens with zero attached hydrogens (tertiary/aromatic N) is 2. The largest absolute Gasteiger partial charge is 0.353 e. The molecule has 2 fully saturated rings. The molecule has 1 aliphatic carbocycles. The minimum Gasteiger partial charge on any atom is -0.353 e. The van der Waals surface area contributed by atoms with E-state index in [2.05, 4.69) is 29.4 Å². The molecule has 1 aromatic rings. The Morgan fingerprint density at radius 2 is 1.92 bits per heavy atom. The monoisotopic (exact) mass is 520 g/mol. The van der Waals surface area contributed by atoms with Crippen LogP contribution in [-0.4, -0.2) is 66.8 Å². The third kappa shape index (κ3) is 5.75. The van der Waals surface area contributed by atoms with Crippen molar-refractivity contribution in [1.82, 2.24) is 19.8 Å². The normalized spacial score (nSPS) is 29.0. The molecule has 0 bridgehead atoms. The minimum absolute atomic E-state index is 0.0607. The molecule has 1 saturated heterocycles. The first-order valence-electron chi connectivity index (χ1n) is 12.7. The lowest BCUT2D eigenvalue weighted by Crippen LogP contribution is -2.56. The number of amides is 2. The molecule has 4 rings (SSSR count). The fourth-order valence-electron chi connectivity index (χ4n) is 5.66. The van der Waals surface area contributed by atoms with Crippen molar-refractivity contribution in [3.05, 3.63) is 42.2 Å². The van der Waals surface area contributed by atoms with Crippen molar-refractivity contribution in [3.8, 4) is 0 Å². The highest BCUT2D eigenvalue weighted by molar-refractivity contribution is 7.89. The Morgan fingerprint density at radius 1 is 1.19 bits per heavy atom. The van der Waals surface area contributed by atoms with Gasteiger partial charge in [0.05, 0.1) is 11.3 Å². The lowest BCUT2D eigenvalue weighted by molar-refractivity contribution is -0.130. The number of benzene rings is 1. The average molecular weight is 521 g/mol. The second-order valence-electron chi connectivity index (χ2n) is 11.0. The topological polar surface area (TPSA) is 98.8 Å².